The van der Waals surface area contributed by atoms with Crippen molar-refractivity contribution in [3.63, 3.8) is 0 Å². The lowest BCUT2D eigenvalue weighted by molar-refractivity contribution is -0.168. The molecule has 3 atom stereocenters. The van der Waals surface area contributed by atoms with Gasteiger partial charge in [0.2, 0.25) is 15.6 Å². The molecule has 1 N–H and O–H groups in total. The Morgan fingerprint density at radius 2 is 1.74 bits per heavy atom. The number of esters is 1. The minimum atomic E-state index is -2.21. The molecule has 3 heterocycles. The first-order chi connectivity index (χ1) is 16.0. The first kappa shape index (κ1) is 32.6. The SMILES string of the molecule is C=C(C)C(C(=O)OCC(Cl)(Cl)Cl)N1C(=O)CC1(NC(C)=O)[S+]([O-])Cl.[O-][S+](Cl)Cl.c1cc2cc(c1)O2. The highest BCUT2D eigenvalue weighted by Gasteiger charge is 2.65. The van der Waals surface area contributed by atoms with Crippen LogP contribution in [0.3, 0.4) is 0 Å². The lowest BCUT2D eigenvalue weighted by Crippen LogP contribution is -2.77. The Kier molecular flexibility index (Phi) is 12.9. The molecular formula is C18H18Cl6N2O7S2. The standard InChI is InChI=1S/C12H14Cl4N2O5S.C6H4O.Cl2OS/c1-6(2)9(10(21)23-5-11(13,14)15)18-8(20)4-12(18,24(16)22)17-7(3)19;1-2-5-4-6(3-1)7-5;1-4(2)3/h9H,1,4-5H2,2-3H3,(H,17,19);1-4H;. The maximum Gasteiger partial charge on any atom is 0.333 e. The number of carbonyl (C=O) groups excluding carboxylic acids is 3. The van der Waals surface area contributed by atoms with E-state index in [1.165, 1.54) is 6.92 Å². The van der Waals surface area contributed by atoms with Crippen molar-refractivity contribution in [2.45, 2.75) is 35.1 Å². The summed E-state index contributed by atoms with van der Waals surface area (Å²) in [5.74, 6) is -0.151. The fraction of sp³-hybridized carbons (Fsp3) is 0.389. The molecule has 9 nitrogen and oxygen atoms in total. The van der Waals surface area contributed by atoms with Gasteiger partial charge in [-0.2, -0.15) is 0 Å². The molecule has 0 spiro atoms. The van der Waals surface area contributed by atoms with Crippen molar-refractivity contribution < 1.29 is 33.0 Å². The molecule has 1 fully saturated rings. The molecule has 35 heavy (non-hydrogen) atoms. The smallest absolute Gasteiger partial charge is 0.333 e. The number of β-lactam (4-membered cyclic amide) rings is 1. The zero-order valence-electron chi connectivity index (χ0n) is 17.9. The largest absolute Gasteiger partial charge is 0.596 e. The van der Waals surface area contributed by atoms with Gasteiger partial charge in [0.05, 0.1) is 0 Å². The quantitative estimate of drug-likeness (QED) is 0.159. The van der Waals surface area contributed by atoms with Crippen LogP contribution in [0.2, 0.25) is 0 Å². The number of halogens is 6. The highest BCUT2D eigenvalue weighted by Crippen LogP contribution is 2.40. The van der Waals surface area contributed by atoms with Crippen molar-refractivity contribution in [1.29, 1.82) is 0 Å². The second-order valence-corrected chi connectivity index (χ2v) is 13.9. The summed E-state index contributed by atoms with van der Waals surface area (Å²) in [5, 5.41) is 2.34. The Morgan fingerprint density at radius 3 is 2.00 bits per heavy atom. The molecule has 2 amide bonds. The average molecular weight is 651 g/mol. The van der Waals surface area contributed by atoms with Crippen LogP contribution in [-0.2, 0) is 39.1 Å². The van der Waals surface area contributed by atoms with Gasteiger partial charge in [0.1, 0.15) is 34.9 Å². The number of likely N-dealkylation sites (tertiary alicyclic amines) is 1. The van der Waals surface area contributed by atoms with E-state index in [1.54, 1.807) is 0 Å². The second-order valence-electron chi connectivity index (χ2n) is 6.86. The van der Waals surface area contributed by atoms with Gasteiger partial charge < -0.3 is 18.6 Å². The summed E-state index contributed by atoms with van der Waals surface area (Å²) in [7, 11) is 10.8. The van der Waals surface area contributed by atoms with Gasteiger partial charge in [-0.1, -0.05) is 47.4 Å². The van der Waals surface area contributed by atoms with E-state index in [2.05, 4.69) is 33.3 Å². The average Bonchev–Trinajstić information content (AvgIpc) is 2.68. The van der Waals surface area contributed by atoms with Gasteiger partial charge in [-0.3, -0.25) is 19.8 Å². The van der Waals surface area contributed by atoms with Crippen molar-refractivity contribution in [2.75, 3.05) is 6.61 Å². The molecule has 1 aromatic carbocycles. The highest BCUT2D eigenvalue weighted by atomic mass is 36.0. The Bertz CT molecular complexity index is 923. The van der Waals surface area contributed by atoms with Crippen molar-refractivity contribution in [3.05, 3.63) is 36.4 Å². The van der Waals surface area contributed by atoms with Crippen LogP contribution in [0.15, 0.2) is 36.4 Å². The van der Waals surface area contributed by atoms with Crippen LogP contribution in [0.25, 0.3) is 0 Å². The Hall–Kier alpha value is -0.470. The normalized spacial score (nSPS) is 19.3. The molecule has 3 aliphatic rings. The van der Waals surface area contributed by atoms with E-state index in [-0.39, 0.29) is 12.0 Å². The van der Waals surface area contributed by atoms with Gasteiger partial charge in [0.25, 0.3) is 0 Å². The summed E-state index contributed by atoms with van der Waals surface area (Å²) >= 11 is 16.6. The molecule has 17 heteroatoms. The zero-order chi connectivity index (χ0) is 27.1. The van der Waals surface area contributed by atoms with Crippen molar-refractivity contribution in [1.82, 2.24) is 10.2 Å². The molecule has 2 bridgehead atoms. The van der Waals surface area contributed by atoms with E-state index in [9.17, 15) is 18.9 Å². The number of hydrogen-bond donors (Lipinski definition) is 1. The molecule has 3 unspecified atom stereocenters. The second kappa shape index (κ2) is 13.9. The molecule has 1 saturated heterocycles. The number of nitrogens with one attached hydrogen (secondary N) is 1. The molecule has 0 saturated carbocycles. The van der Waals surface area contributed by atoms with Crippen LogP contribution in [0.5, 0.6) is 11.5 Å². The summed E-state index contributed by atoms with van der Waals surface area (Å²) in [6.45, 7) is 5.65. The molecule has 1 aromatic rings. The van der Waals surface area contributed by atoms with Crippen LogP contribution in [0.1, 0.15) is 20.3 Å². The number of carbonyl (C=O) groups is 3. The number of hydrogen-bond acceptors (Lipinski definition) is 7. The Morgan fingerprint density at radius 1 is 1.26 bits per heavy atom. The summed E-state index contributed by atoms with van der Waals surface area (Å²) in [6.07, 6.45) is -0.343. The van der Waals surface area contributed by atoms with Crippen molar-refractivity contribution in [3.8, 4) is 11.5 Å². The van der Waals surface area contributed by atoms with Crippen LogP contribution in [0.4, 0.5) is 0 Å². The van der Waals surface area contributed by atoms with Gasteiger partial charge in [-0.25, -0.2) is 4.79 Å². The number of nitrogens with zero attached hydrogens (tertiary/aromatic N) is 1. The first-order valence-electron chi connectivity index (χ1n) is 9.10. The first-order valence-corrected chi connectivity index (χ1v) is 15.0. The number of ether oxygens (including phenoxy) is 2. The topological polar surface area (TPSA) is 131 Å². The van der Waals surface area contributed by atoms with E-state index in [0.717, 1.165) is 23.3 Å². The third kappa shape index (κ3) is 10.1. The lowest BCUT2D eigenvalue weighted by atomic mass is 10.00. The van der Waals surface area contributed by atoms with E-state index in [4.69, 9.17) is 59.5 Å². The van der Waals surface area contributed by atoms with Crippen molar-refractivity contribution >= 4 is 105 Å². The summed E-state index contributed by atoms with van der Waals surface area (Å²) in [6, 6.07) is 6.50. The van der Waals surface area contributed by atoms with E-state index in [0.29, 0.717) is 0 Å². The molecule has 0 radical (unpaired) electrons. The minimum absolute atomic E-state index is 0.189. The van der Waals surface area contributed by atoms with E-state index < -0.39 is 59.2 Å². The van der Waals surface area contributed by atoms with Crippen LogP contribution < -0.4 is 10.1 Å². The van der Waals surface area contributed by atoms with Gasteiger partial charge >= 0.3 is 11.0 Å². The van der Waals surface area contributed by atoms with E-state index in [1.807, 2.05) is 24.3 Å². The fourth-order valence-electron chi connectivity index (χ4n) is 2.83. The number of rotatable bonds is 6. The van der Waals surface area contributed by atoms with E-state index >= 15 is 0 Å². The van der Waals surface area contributed by atoms with Gasteiger partial charge in [0.15, 0.2) is 47.7 Å². The maximum atomic E-state index is 12.3. The predicted octanol–water partition coefficient (Wildman–Crippen LogP) is 4.60. The molecule has 0 aliphatic carbocycles. The van der Waals surface area contributed by atoms with Gasteiger partial charge in [0, 0.05) is 13.0 Å². The van der Waals surface area contributed by atoms with Gasteiger partial charge in [-0.15, -0.1) is 0 Å². The molecule has 4 rings (SSSR count). The Labute approximate surface area is 236 Å². The van der Waals surface area contributed by atoms with Crippen LogP contribution in [0, 0.1) is 0 Å². The summed E-state index contributed by atoms with van der Waals surface area (Å²) < 4.78 is 29.0. The summed E-state index contributed by atoms with van der Waals surface area (Å²) in [5.41, 5.74) is 0.189. The molecule has 196 valence electrons. The summed E-state index contributed by atoms with van der Waals surface area (Å²) in [4.78, 5) is 34.9. The van der Waals surface area contributed by atoms with Crippen molar-refractivity contribution in [2.24, 2.45) is 0 Å². The molecular weight excluding hydrogens is 633 g/mol. The highest BCUT2D eigenvalue weighted by molar-refractivity contribution is 8.31. The maximum absolute atomic E-state index is 12.3. The Balaban J connectivity index is 0.000000449. The number of benzene rings is 1. The monoisotopic (exact) mass is 648 g/mol. The molecule has 0 aromatic heterocycles. The van der Waals surface area contributed by atoms with Gasteiger partial charge in [-0.05, 0) is 24.6 Å². The van der Waals surface area contributed by atoms with Crippen LogP contribution >= 0.6 is 66.8 Å². The minimum Gasteiger partial charge on any atom is -0.596 e. The third-order valence-electron chi connectivity index (χ3n) is 4.05. The predicted molar refractivity (Wildman–Crippen MR) is 138 cm³/mol. The number of fused-ring (bicyclic) bond motifs is 2. The fourth-order valence-corrected chi connectivity index (χ4v) is 4.32. The lowest BCUT2D eigenvalue weighted by Gasteiger charge is -2.50. The molecule has 3 aliphatic heterocycles. The third-order valence-corrected chi connectivity index (χ3v) is 6.12. The number of alkyl halides is 3. The van der Waals surface area contributed by atoms with Crippen LogP contribution in [-0.4, -0.2) is 53.2 Å². The zero-order valence-corrected chi connectivity index (χ0v) is 24.1. The number of amides is 2.